The molecule has 1 atom stereocenters. The Kier molecular flexibility index (Phi) is 5.97. The molecule has 0 aliphatic rings. The van der Waals surface area contributed by atoms with Gasteiger partial charge in [0.15, 0.2) is 0 Å². The van der Waals surface area contributed by atoms with E-state index in [9.17, 15) is 18.3 Å². The first-order valence-corrected chi connectivity index (χ1v) is 10.0. The highest BCUT2D eigenvalue weighted by atomic mass is 32.2. The molecule has 27 heavy (non-hydrogen) atoms. The van der Waals surface area contributed by atoms with E-state index in [-0.39, 0.29) is 11.3 Å². The number of amides is 1. The Hall–Kier alpha value is -2.38. The molecule has 1 unspecified atom stereocenters. The molecule has 2 aromatic carbocycles. The molecule has 0 aliphatic heterocycles. The van der Waals surface area contributed by atoms with Crippen LogP contribution in [0.1, 0.15) is 38.8 Å². The quantitative estimate of drug-likeness (QED) is 0.815. The molecule has 0 saturated carbocycles. The third-order valence-electron chi connectivity index (χ3n) is 3.81. The Morgan fingerprint density at radius 2 is 1.56 bits per heavy atom. The molecule has 0 aromatic heterocycles. The first-order valence-electron chi connectivity index (χ1n) is 8.52. The normalized spacial score (nSPS) is 14.3. The van der Waals surface area contributed by atoms with Crippen LogP contribution in [0.5, 0.6) is 0 Å². The summed E-state index contributed by atoms with van der Waals surface area (Å²) in [5.41, 5.74) is -1.05. The minimum absolute atomic E-state index is 0.0580. The number of rotatable bonds is 5. The molecule has 0 radical (unpaired) electrons. The van der Waals surface area contributed by atoms with Crippen molar-refractivity contribution in [3.63, 3.8) is 0 Å². The number of ether oxygens (including phenoxy) is 1. The number of sulfonamides is 1. The first-order chi connectivity index (χ1) is 12.4. The molecule has 6 nitrogen and oxygen atoms in total. The number of nitrogens with one attached hydrogen (secondary N) is 1. The molecule has 146 valence electrons. The third kappa shape index (κ3) is 5.80. The van der Waals surface area contributed by atoms with Crippen molar-refractivity contribution >= 4 is 16.1 Å². The van der Waals surface area contributed by atoms with Gasteiger partial charge in [-0.25, -0.2) is 17.9 Å². The van der Waals surface area contributed by atoms with Crippen LogP contribution in [-0.4, -0.2) is 25.2 Å². The monoisotopic (exact) mass is 391 g/mol. The Balaban J connectivity index is 2.31. The number of benzene rings is 2. The minimum Gasteiger partial charge on any atom is -0.443 e. The highest BCUT2D eigenvalue weighted by molar-refractivity contribution is 7.90. The van der Waals surface area contributed by atoms with Crippen LogP contribution in [0.15, 0.2) is 59.5 Å². The molecule has 0 bridgehead atoms. The van der Waals surface area contributed by atoms with Gasteiger partial charge < -0.3 is 9.84 Å². The second kappa shape index (κ2) is 7.70. The summed E-state index contributed by atoms with van der Waals surface area (Å²) in [5.74, 6) is 0. The Bertz CT molecular complexity index is 899. The molecule has 2 aromatic rings. The molecule has 0 aliphatic carbocycles. The zero-order chi connectivity index (χ0) is 20.3. The van der Waals surface area contributed by atoms with E-state index in [0.29, 0.717) is 11.1 Å². The molecular weight excluding hydrogens is 366 g/mol. The molecule has 2 N–H and O–H groups in total. The molecule has 1 amide bonds. The summed E-state index contributed by atoms with van der Waals surface area (Å²) in [6, 6.07) is 15.2. The highest BCUT2D eigenvalue weighted by Crippen LogP contribution is 2.28. The molecule has 0 saturated heterocycles. The van der Waals surface area contributed by atoms with Crippen molar-refractivity contribution in [3.8, 4) is 0 Å². The van der Waals surface area contributed by atoms with E-state index >= 15 is 0 Å². The fourth-order valence-electron chi connectivity index (χ4n) is 2.65. The molecule has 0 spiro atoms. The lowest BCUT2D eigenvalue weighted by Gasteiger charge is -2.25. The average molecular weight is 391 g/mol. The van der Waals surface area contributed by atoms with Gasteiger partial charge in [-0.05, 0) is 44.9 Å². The van der Waals surface area contributed by atoms with Gasteiger partial charge in [0, 0.05) is 6.42 Å². The molecular formula is C20H25NO5S. The van der Waals surface area contributed by atoms with Gasteiger partial charge in [-0.1, -0.05) is 48.5 Å². The third-order valence-corrected chi connectivity index (χ3v) is 5.22. The average Bonchev–Trinajstić information content (AvgIpc) is 2.53. The van der Waals surface area contributed by atoms with E-state index in [1.54, 1.807) is 70.2 Å². The lowest BCUT2D eigenvalue weighted by Crippen LogP contribution is -2.37. The summed E-state index contributed by atoms with van der Waals surface area (Å²) >= 11 is 0. The van der Waals surface area contributed by atoms with Crippen LogP contribution in [0.4, 0.5) is 4.79 Å². The molecule has 0 heterocycles. The van der Waals surface area contributed by atoms with E-state index in [4.69, 9.17) is 4.74 Å². The van der Waals surface area contributed by atoms with Gasteiger partial charge in [-0.2, -0.15) is 0 Å². The van der Waals surface area contributed by atoms with Crippen LogP contribution in [0, 0.1) is 0 Å². The van der Waals surface area contributed by atoms with Crippen LogP contribution in [-0.2, 0) is 26.8 Å². The van der Waals surface area contributed by atoms with Crippen molar-refractivity contribution in [1.29, 1.82) is 0 Å². The number of hydrogen-bond donors (Lipinski definition) is 2. The smallest absolute Gasteiger partial charge is 0.421 e. The van der Waals surface area contributed by atoms with Gasteiger partial charge in [0.1, 0.15) is 5.60 Å². The Morgan fingerprint density at radius 3 is 2.15 bits per heavy atom. The van der Waals surface area contributed by atoms with Crippen LogP contribution < -0.4 is 4.72 Å². The molecule has 0 fully saturated rings. The van der Waals surface area contributed by atoms with Gasteiger partial charge in [0.25, 0.3) is 10.0 Å². The van der Waals surface area contributed by atoms with E-state index in [0.717, 1.165) is 0 Å². The van der Waals surface area contributed by atoms with E-state index in [2.05, 4.69) is 0 Å². The maximum atomic E-state index is 12.7. The SMILES string of the molecule is CC(C)(C)OC(=O)NS(=O)(=O)c1ccccc1CC(C)(O)c1ccccc1. The summed E-state index contributed by atoms with van der Waals surface area (Å²) in [7, 11) is -4.15. The minimum atomic E-state index is -4.15. The topological polar surface area (TPSA) is 92.7 Å². The van der Waals surface area contributed by atoms with E-state index in [1.807, 2.05) is 10.8 Å². The zero-order valence-electron chi connectivity index (χ0n) is 15.9. The summed E-state index contributed by atoms with van der Waals surface area (Å²) in [6.07, 6.45) is -0.991. The van der Waals surface area contributed by atoms with Crippen molar-refractivity contribution in [3.05, 3.63) is 65.7 Å². The summed E-state index contributed by atoms with van der Waals surface area (Å²) in [6.45, 7) is 6.55. The number of aliphatic hydroxyl groups is 1. The highest BCUT2D eigenvalue weighted by Gasteiger charge is 2.29. The standard InChI is InChI=1S/C20H25NO5S/c1-19(2,3)26-18(22)21-27(24,25)17-13-9-8-10-15(17)14-20(4,23)16-11-6-5-7-12-16/h5-13,23H,14H2,1-4H3,(H,21,22). The van der Waals surface area contributed by atoms with Crippen LogP contribution in [0.25, 0.3) is 0 Å². The van der Waals surface area contributed by atoms with Crippen LogP contribution in [0.3, 0.4) is 0 Å². The second-order valence-corrected chi connectivity index (χ2v) is 9.18. The zero-order valence-corrected chi connectivity index (χ0v) is 16.7. The fourth-order valence-corrected chi connectivity index (χ4v) is 3.76. The Morgan fingerprint density at radius 1 is 1.00 bits per heavy atom. The lowest BCUT2D eigenvalue weighted by atomic mass is 9.89. The number of hydrogen-bond acceptors (Lipinski definition) is 5. The molecule has 7 heteroatoms. The molecule has 2 rings (SSSR count). The number of carbonyl (C=O) groups excluding carboxylic acids is 1. The van der Waals surface area contributed by atoms with Gasteiger partial charge in [0.05, 0.1) is 10.5 Å². The van der Waals surface area contributed by atoms with Crippen LogP contribution >= 0.6 is 0 Å². The van der Waals surface area contributed by atoms with Gasteiger partial charge in [-0.3, -0.25) is 0 Å². The first kappa shape index (κ1) is 20.9. The van der Waals surface area contributed by atoms with Crippen molar-refractivity contribution in [2.45, 2.75) is 50.2 Å². The summed E-state index contributed by atoms with van der Waals surface area (Å²) in [4.78, 5) is 11.8. The summed E-state index contributed by atoms with van der Waals surface area (Å²) in [5, 5.41) is 10.9. The summed E-state index contributed by atoms with van der Waals surface area (Å²) < 4.78 is 32.3. The van der Waals surface area contributed by atoms with Crippen molar-refractivity contribution in [1.82, 2.24) is 4.72 Å². The lowest BCUT2D eigenvalue weighted by molar-refractivity contribution is 0.0568. The van der Waals surface area contributed by atoms with Crippen molar-refractivity contribution < 1.29 is 23.1 Å². The predicted molar refractivity (Wildman–Crippen MR) is 103 cm³/mol. The van der Waals surface area contributed by atoms with E-state index < -0.39 is 27.3 Å². The largest absolute Gasteiger partial charge is 0.443 e. The van der Waals surface area contributed by atoms with Crippen LogP contribution in [0.2, 0.25) is 0 Å². The Labute approximate surface area is 160 Å². The second-order valence-electron chi connectivity index (χ2n) is 7.53. The van der Waals surface area contributed by atoms with Gasteiger partial charge >= 0.3 is 6.09 Å². The maximum absolute atomic E-state index is 12.7. The fraction of sp³-hybridized carbons (Fsp3) is 0.350. The van der Waals surface area contributed by atoms with E-state index in [1.165, 1.54) is 6.07 Å². The predicted octanol–water partition coefficient (Wildman–Crippen LogP) is 3.35. The van der Waals surface area contributed by atoms with Gasteiger partial charge in [0.2, 0.25) is 0 Å². The maximum Gasteiger partial charge on any atom is 0.421 e. The van der Waals surface area contributed by atoms with Gasteiger partial charge in [-0.15, -0.1) is 0 Å². The number of carbonyl (C=O) groups is 1. The van der Waals surface area contributed by atoms with Crippen molar-refractivity contribution in [2.24, 2.45) is 0 Å². The van der Waals surface area contributed by atoms with Crippen molar-refractivity contribution in [2.75, 3.05) is 0 Å².